The van der Waals surface area contributed by atoms with Crippen molar-refractivity contribution in [2.75, 3.05) is 6.54 Å². The van der Waals surface area contributed by atoms with Crippen LogP contribution in [0.4, 0.5) is 13.2 Å². The predicted molar refractivity (Wildman–Crippen MR) is 78.6 cm³/mol. The molecule has 23 heavy (non-hydrogen) atoms. The lowest BCUT2D eigenvalue weighted by molar-refractivity contribution is -0.141. The van der Waals surface area contributed by atoms with Crippen LogP contribution in [-0.2, 0) is 32.2 Å². The lowest BCUT2D eigenvalue weighted by atomic mass is 9.99. The van der Waals surface area contributed by atoms with Crippen molar-refractivity contribution in [1.82, 2.24) is 24.6 Å². The summed E-state index contributed by atoms with van der Waals surface area (Å²) in [6.45, 7) is 4.93. The fraction of sp³-hybridized carbons (Fsp3) is 0.600. The largest absolute Gasteiger partial charge is 0.434 e. The number of hydrogen-bond acceptors (Lipinski definition) is 3. The van der Waals surface area contributed by atoms with E-state index in [9.17, 15) is 13.2 Å². The van der Waals surface area contributed by atoms with E-state index in [-0.39, 0.29) is 0 Å². The smallest absolute Gasteiger partial charge is 0.334 e. The lowest BCUT2D eigenvalue weighted by Crippen LogP contribution is -2.30. The van der Waals surface area contributed by atoms with Gasteiger partial charge in [0.1, 0.15) is 5.82 Å². The first-order valence-electron chi connectivity index (χ1n) is 7.82. The molecule has 0 bridgehead atoms. The second-order valence-corrected chi connectivity index (χ2v) is 5.87. The summed E-state index contributed by atoms with van der Waals surface area (Å²) in [5, 5.41) is 7.60. The highest BCUT2D eigenvalue weighted by Gasteiger charge is 2.35. The Labute approximate surface area is 132 Å². The van der Waals surface area contributed by atoms with Gasteiger partial charge in [-0.3, -0.25) is 4.68 Å². The summed E-state index contributed by atoms with van der Waals surface area (Å²) >= 11 is 0. The molecule has 3 heterocycles. The van der Waals surface area contributed by atoms with Crippen molar-refractivity contribution in [3.05, 3.63) is 35.7 Å². The highest BCUT2D eigenvalue weighted by molar-refractivity contribution is 5.10. The van der Waals surface area contributed by atoms with Crippen molar-refractivity contribution in [1.29, 1.82) is 0 Å². The van der Waals surface area contributed by atoms with Crippen LogP contribution in [0, 0.1) is 5.92 Å². The van der Waals surface area contributed by atoms with Crippen LogP contribution in [0.2, 0.25) is 0 Å². The summed E-state index contributed by atoms with van der Waals surface area (Å²) in [6, 6.07) is 1.97. The van der Waals surface area contributed by atoms with Gasteiger partial charge in [0.05, 0.1) is 5.69 Å². The predicted octanol–water partition coefficient (Wildman–Crippen LogP) is 2.47. The first kappa shape index (κ1) is 16.0. The van der Waals surface area contributed by atoms with E-state index in [0.717, 1.165) is 37.9 Å². The Bertz CT molecular complexity index is 658. The maximum atomic E-state index is 12.7. The highest BCUT2D eigenvalue weighted by atomic mass is 19.4. The Balaban J connectivity index is 1.54. The van der Waals surface area contributed by atoms with E-state index in [1.165, 1.54) is 0 Å². The molecule has 5 nitrogen and oxygen atoms in total. The fourth-order valence-electron chi connectivity index (χ4n) is 3.02. The number of halogens is 3. The Hall–Kier alpha value is -1.83. The Kier molecular flexibility index (Phi) is 4.43. The van der Waals surface area contributed by atoms with Crippen LogP contribution in [0.15, 0.2) is 18.5 Å². The molecule has 2 aromatic rings. The summed E-state index contributed by atoms with van der Waals surface area (Å²) in [6.07, 6.45) is -0.00841. The van der Waals surface area contributed by atoms with E-state index in [2.05, 4.69) is 15.4 Å². The molecule has 1 N–H and O–H groups in total. The molecule has 0 spiro atoms. The minimum Gasteiger partial charge on any atom is -0.334 e. The molecule has 0 radical (unpaired) electrons. The topological polar surface area (TPSA) is 47.7 Å². The van der Waals surface area contributed by atoms with Crippen molar-refractivity contribution in [3.63, 3.8) is 0 Å². The molecular formula is C15H20F3N5. The number of rotatable bonds is 5. The van der Waals surface area contributed by atoms with Crippen LogP contribution in [0.1, 0.15) is 30.6 Å². The average Bonchev–Trinajstić information content (AvgIpc) is 3.12. The maximum Gasteiger partial charge on any atom is 0.434 e. The Morgan fingerprint density at radius 2 is 2.22 bits per heavy atom. The van der Waals surface area contributed by atoms with E-state index < -0.39 is 11.9 Å². The molecule has 2 aromatic heterocycles. The standard InChI is InChI=1S/C15H20F3N5/c1-2-23-12(5-6-20-23)8-19-7-11-3-4-14-21-13(15(16,17)18)10-22(14)9-11/h5-6,10-11,19H,2-4,7-9H2,1H3/t11-/m0/s1. The number of nitrogens with zero attached hydrogens (tertiary/aromatic N) is 4. The van der Waals surface area contributed by atoms with E-state index >= 15 is 0 Å². The molecule has 1 atom stereocenters. The van der Waals surface area contributed by atoms with Gasteiger partial charge in [0.2, 0.25) is 0 Å². The van der Waals surface area contributed by atoms with Crippen molar-refractivity contribution >= 4 is 0 Å². The van der Waals surface area contributed by atoms with Crippen molar-refractivity contribution in [2.24, 2.45) is 5.92 Å². The highest BCUT2D eigenvalue weighted by Crippen LogP contribution is 2.30. The van der Waals surface area contributed by atoms with Crippen molar-refractivity contribution < 1.29 is 13.2 Å². The van der Waals surface area contributed by atoms with Gasteiger partial charge >= 0.3 is 6.18 Å². The summed E-state index contributed by atoms with van der Waals surface area (Å²) < 4.78 is 41.7. The molecule has 0 fully saturated rings. The van der Waals surface area contributed by atoms with Gasteiger partial charge in [-0.15, -0.1) is 0 Å². The molecule has 0 aliphatic carbocycles. The van der Waals surface area contributed by atoms with Crippen LogP contribution in [0.3, 0.4) is 0 Å². The van der Waals surface area contributed by atoms with E-state index in [4.69, 9.17) is 0 Å². The van der Waals surface area contributed by atoms with Crippen molar-refractivity contribution in [2.45, 2.75) is 45.6 Å². The van der Waals surface area contributed by atoms with Gasteiger partial charge in [0.25, 0.3) is 0 Å². The third kappa shape index (κ3) is 3.57. The third-order valence-corrected chi connectivity index (χ3v) is 4.22. The van der Waals surface area contributed by atoms with Crippen LogP contribution in [-0.4, -0.2) is 25.9 Å². The van der Waals surface area contributed by atoms with Crippen LogP contribution in [0.5, 0.6) is 0 Å². The van der Waals surface area contributed by atoms with Gasteiger partial charge in [0, 0.05) is 45.0 Å². The van der Waals surface area contributed by atoms with Gasteiger partial charge in [0.15, 0.2) is 5.69 Å². The normalized spacial score (nSPS) is 18.2. The minimum absolute atomic E-state index is 0.316. The average molecular weight is 327 g/mol. The molecule has 0 saturated heterocycles. The summed E-state index contributed by atoms with van der Waals surface area (Å²) in [5.74, 6) is 0.855. The number of aromatic nitrogens is 4. The number of imidazole rings is 1. The number of aryl methyl sites for hydroxylation is 2. The maximum absolute atomic E-state index is 12.7. The second kappa shape index (κ2) is 6.35. The van der Waals surface area contributed by atoms with Crippen LogP contribution < -0.4 is 5.32 Å². The van der Waals surface area contributed by atoms with Crippen molar-refractivity contribution in [3.8, 4) is 0 Å². The molecular weight excluding hydrogens is 307 g/mol. The van der Waals surface area contributed by atoms with Gasteiger partial charge < -0.3 is 9.88 Å². The number of hydrogen-bond donors (Lipinski definition) is 1. The van der Waals surface area contributed by atoms with Gasteiger partial charge in [-0.2, -0.15) is 18.3 Å². The molecule has 1 aliphatic heterocycles. The van der Waals surface area contributed by atoms with Gasteiger partial charge in [-0.05, 0) is 25.3 Å². The summed E-state index contributed by atoms with van der Waals surface area (Å²) in [7, 11) is 0. The first-order chi connectivity index (χ1) is 11.0. The molecule has 0 unspecified atom stereocenters. The Morgan fingerprint density at radius 3 is 2.96 bits per heavy atom. The second-order valence-electron chi connectivity index (χ2n) is 5.87. The SMILES string of the molecule is CCn1nccc1CNC[C@@H]1CCc2nc(C(F)(F)F)cn2C1. The van der Waals surface area contributed by atoms with Gasteiger partial charge in [-0.25, -0.2) is 4.98 Å². The zero-order valence-corrected chi connectivity index (χ0v) is 13.0. The molecule has 1 aliphatic rings. The monoisotopic (exact) mass is 327 g/mol. The van der Waals surface area contributed by atoms with Crippen LogP contribution >= 0.6 is 0 Å². The van der Waals surface area contributed by atoms with E-state index in [1.54, 1.807) is 10.8 Å². The van der Waals surface area contributed by atoms with E-state index in [1.807, 2.05) is 17.7 Å². The lowest BCUT2D eigenvalue weighted by Gasteiger charge is -2.24. The molecule has 8 heteroatoms. The quantitative estimate of drug-likeness (QED) is 0.918. The summed E-state index contributed by atoms with van der Waals surface area (Å²) in [4.78, 5) is 3.71. The van der Waals surface area contributed by atoms with Crippen LogP contribution in [0.25, 0.3) is 0 Å². The first-order valence-corrected chi connectivity index (χ1v) is 7.82. The number of nitrogens with one attached hydrogen (secondary N) is 1. The minimum atomic E-state index is -4.36. The Morgan fingerprint density at radius 1 is 1.39 bits per heavy atom. The zero-order valence-electron chi connectivity index (χ0n) is 13.0. The number of alkyl halides is 3. The summed E-state index contributed by atoms with van der Waals surface area (Å²) in [5.41, 5.74) is 0.332. The fourth-order valence-corrected chi connectivity index (χ4v) is 3.02. The molecule has 126 valence electrons. The molecule has 0 aromatic carbocycles. The van der Waals surface area contributed by atoms with Gasteiger partial charge in [-0.1, -0.05) is 0 Å². The molecule has 0 amide bonds. The number of fused-ring (bicyclic) bond motifs is 1. The van der Waals surface area contributed by atoms with E-state index in [0.29, 0.717) is 24.7 Å². The third-order valence-electron chi connectivity index (χ3n) is 4.22. The zero-order chi connectivity index (χ0) is 16.4. The molecule has 3 rings (SSSR count). The molecule has 0 saturated carbocycles.